The molecule has 1 aliphatic carbocycles. The molecule has 1 saturated carbocycles. The summed E-state index contributed by atoms with van der Waals surface area (Å²) >= 11 is 6.05. The average molecular weight is 331 g/mol. The third-order valence-corrected chi connectivity index (χ3v) is 6.20. The van der Waals surface area contributed by atoms with Crippen LogP contribution in [-0.2, 0) is 16.6 Å². The maximum atomic E-state index is 12.5. The van der Waals surface area contributed by atoms with E-state index in [0.29, 0.717) is 12.5 Å². The number of nitrogens with two attached hydrogens (primary N) is 1. The number of benzene rings is 1. The van der Waals surface area contributed by atoms with Crippen molar-refractivity contribution >= 4 is 21.6 Å². The molecule has 2 unspecified atom stereocenters. The highest BCUT2D eigenvalue weighted by atomic mass is 35.5. The minimum Gasteiger partial charge on any atom is -0.326 e. The zero-order chi connectivity index (χ0) is 15.5. The van der Waals surface area contributed by atoms with E-state index >= 15 is 0 Å². The predicted molar refractivity (Wildman–Crippen MR) is 85.7 cm³/mol. The van der Waals surface area contributed by atoms with E-state index in [1.807, 2.05) is 0 Å². The fourth-order valence-corrected chi connectivity index (χ4v) is 4.77. The fraction of sp³-hybridized carbons (Fsp3) is 0.600. The summed E-state index contributed by atoms with van der Waals surface area (Å²) in [5.41, 5.74) is 6.33. The first-order chi connectivity index (χ1) is 9.96. The summed E-state index contributed by atoms with van der Waals surface area (Å²) in [6.07, 6.45) is 5.16. The highest BCUT2D eigenvalue weighted by Gasteiger charge is 2.27. The maximum Gasteiger partial charge on any atom is 0.242 e. The summed E-state index contributed by atoms with van der Waals surface area (Å²) in [5.74, 6) is 0.609. The summed E-state index contributed by atoms with van der Waals surface area (Å²) < 4.78 is 27.9. The Morgan fingerprint density at radius 2 is 2.14 bits per heavy atom. The molecule has 1 fully saturated rings. The van der Waals surface area contributed by atoms with E-state index in [1.165, 1.54) is 6.42 Å². The van der Waals surface area contributed by atoms with Crippen molar-refractivity contribution in [3.8, 4) is 0 Å². The zero-order valence-electron chi connectivity index (χ0n) is 12.3. The highest BCUT2D eigenvalue weighted by Crippen LogP contribution is 2.29. The summed E-state index contributed by atoms with van der Waals surface area (Å²) in [5, 5.41) is 0.238. The van der Waals surface area contributed by atoms with Crippen molar-refractivity contribution in [2.75, 3.05) is 0 Å². The Balaban J connectivity index is 2.18. The van der Waals surface area contributed by atoms with Crippen molar-refractivity contribution in [2.24, 2.45) is 11.7 Å². The van der Waals surface area contributed by atoms with Crippen LogP contribution in [0.4, 0.5) is 0 Å². The van der Waals surface area contributed by atoms with Crippen molar-refractivity contribution in [2.45, 2.75) is 56.5 Å². The van der Waals surface area contributed by atoms with Crippen LogP contribution in [0.25, 0.3) is 0 Å². The van der Waals surface area contributed by atoms with Gasteiger partial charge in [-0.05, 0) is 36.5 Å². The Bertz CT molecular complexity index is 589. The Morgan fingerprint density at radius 3 is 2.81 bits per heavy atom. The second-order valence-electron chi connectivity index (χ2n) is 5.73. The Hall–Kier alpha value is -0.620. The van der Waals surface area contributed by atoms with Crippen molar-refractivity contribution in [3.05, 3.63) is 28.8 Å². The molecule has 1 aliphatic rings. The second kappa shape index (κ2) is 7.09. The molecule has 4 nitrogen and oxygen atoms in total. The topological polar surface area (TPSA) is 72.2 Å². The molecule has 3 N–H and O–H groups in total. The third kappa shape index (κ3) is 4.19. The number of sulfonamides is 1. The van der Waals surface area contributed by atoms with Gasteiger partial charge in [-0.2, -0.15) is 0 Å². The lowest BCUT2D eigenvalue weighted by molar-refractivity contribution is 0.301. The van der Waals surface area contributed by atoms with Gasteiger partial charge in [0.25, 0.3) is 0 Å². The number of nitrogens with one attached hydrogen (secondary N) is 1. The molecule has 1 aromatic carbocycles. The van der Waals surface area contributed by atoms with Crippen LogP contribution < -0.4 is 10.5 Å². The van der Waals surface area contributed by atoms with Crippen molar-refractivity contribution in [1.82, 2.24) is 4.72 Å². The Labute approximate surface area is 132 Å². The van der Waals surface area contributed by atoms with E-state index in [2.05, 4.69) is 11.6 Å². The van der Waals surface area contributed by atoms with Crippen LogP contribution in [0.2, 0.25) is 5.02 Å². The van der Waals surface area contributed by atoms with Gasteiger partial charge in [0.05, 0.1) is 5.02 Å². The first-order valence-electron chi connectivity index (χ1n) is 7.47. The zero-order valence-corrected chi connectivity index (χ0v) is 13.9. The van der Waals surface area contributed by atoms with Crippen LogP contribution in [0.3, 0.4) is 0 Å². The van der Waals surface area contributed by atoms with Gasteiger partial charge in [-0.3, -0.25) is 0 Å². The first kappa shape index (κ1) is 16.7. The molecule has 0 aliphatic heterocycles. The number of hydrogen-bond donors (Lipinski definition) is 2. The first-order valence-corrected chi connectivity index (χ1v) is 9.33. The average Bonchev–Trinajstić information content (AvgIpc) is 2.47. The standard InChI is InChI=1S/C15H23ClN2O2S/c1-2-11-4-3-5-13(8-11)18-21(19,20)15-9-12(10-17)6-7-14(15)16/h6-7,9,11,13,18H,2-5,8,10,17H2,1H3. The Morgan fingerprint density at radius 1 is 1.38 bits per heavy atom. The van der Waals surface area contributed by atoms with Gasteiger partial charge in [-0.25, -0.2) is 13.1 Å². The molecular weight excluding hydrogens is 308 g/mol. The van der Waals surface area contributed by atoms with Gasteiger partial charge in [0.2, 0.25) is 10.0 Å². The monoisotopic (exact) mass is 330 g/mol. The maximum absolute atomic E-state index is 12.5. The lowest BCUT2D eigenvalue weighted by Crippen LogP contribution is -2.38. The van der Waals surface area contributed by atoms with Gasteiger partial charge in [0, 0.05) is 12.6 Å². The predicted octanol–water partition coefficient (Wildman–Crippen LogP) is 3.05. The van der Waals surface area contributed by atoms with E-state index < -0.39 is 10.0 Å². The summed E-state index contributed by atoms with van der Waals surface area (Å²) in [7, 11) is -3.59. The molecule has 0 aromatic heterocycles. The van der Waals surface area contributed by atoms with Gasteiger partial charge < -0.3 is 5.73 Å². The summed E-state index contributed by atoms with van der Waals surface area (Å²) in [6, 6.07) is 4.90. The molecule has 6 heteroatoms. The van der Waals surface area contributed by atoms with Gasteiger partial charge in [-0.15, -0.1) is 0 Å². The third-order valence-electron chi connectivity index (χ3n) is 4.20. The number of halogens is 1. The van der Waals surface area contributed by atoms with Crippen molar-refractivity contribution in [1.29, 1.82) is 0 Å². The van der Waals surface area contributed by atoms with Crippen molar-refractivity contribution < 1.29 is 8.42 Å². The van der Waals surface area contributed by atoms with E-state index in [4.69, 9.17) is 17.3 Å². The summed E-state index contributed by atoms with van der Waals surface area (Å²) in [6.45, 7) is 2.45. The van der Waals surface area contributed by atoms with Crippen LogP contribution in [0.15, 0.2) is 23.1 Å². The summed E-state index contributed by atoms with van der Waals surface area (Å²) in [4.78, 5) is 0.130. The molecule has 2 rings (SSSR count). The quantitative estimate of drug-likeness (QED) is 0.871. The van der Waals surface area contributed by atoms with Crippen LogP contribution in [0.5, 0.6) is 0 Å². The van der Waals surface area contributed by atoms with Crippen LogP contribution in [0.1, 0.15) is 44.6 Å². The minimum atomic E-state index is -3.59. The van der Waals surface area contributed by atoms with Gasteiger partial charge >= 0.3 is 0 Å². The molecular formula is C15H23ClN2O2S. The molecule has 2 atom stereocenters. The lowest BCUT2D eigenvalue weighted by atomic mass is 9.85. The molecule has 0 spiro atoms. The highest BCUT2D eigenvalue weighted by molar-refractivity contribution is 7.89. The van der Waals surface area contributed by atoms with Crippen LogP contribution in [-0.4, -0.2) is 14.5 Å². The molecule has 0 radical (unpaired) electrons. The van der Waals surface area contributed by atoms with Crippen LogP contribution in [0, 0.1) is 5.92 Å². The fourth-order valence-electron chi connectivity index (χ4n) is 2.93. The molecule has 0 bridgehead atoms. The van der Waals surface area contributed by atoms with E-state index in [0.717, 1.165) is 31.2 Å². The Kier molecular flexibility index (Phi) is 5.66. The second-order valence-corrected chi connectivity index (χ2v) is 7.82. The van der Waals surface area contributed by atoms with Crippen LogP contribution >= 0.6 is 11.6 Å². The van der Waals surface area contributed by atoms with Gasteiger partial charge in [-0.1, -0.05) is 43.9 Å². The molecule has 0 amide bonds. The molecule has 0 heterocycles. The molecule has 21 heavy (non-hydrogen) atoms. The molecule has 0 saturated heterocycles. The van der Waals surface area contributed by atoms with Crippen molar-refractivity contribution in [3.63, 3.8) is 0 Å². The van der Waals surface area contributed by atoms with E-state index in [-0.39, 0.29) is 16.0 Å². The largest absolute Gasteiger partial charge is 0.326 e. The minimum absolute atomic E-state index is 0.00583. The smallest absolute Gasteiger partial charge is 0.242 e. The van der Waals surface area contributed by atoms with Gasteiger partial charge in [0.1, 0.15) is 4.90 Å². The molecule has 1 aromatic rings. The normalized spacial score (nSPS) is 23.2. The SMILES string of the molecule is CCC1CCCC(NS(=O)(=O)c2cc(CN)ccc2Cl)C1. The van der Waals surface area contributed by atoms with E-state index in [1.54, 1.807) is 18.2 Å². The van der Waals surface area contributed by atoms with E-state index in [9.17, 15) is 8.42 Å². The number of rotatable bonds is 5. The lowest BCUT2D eigenvalue weighted by Gasteiger charge is -2.29. The number of hydrogen-bond acceptors (Lipinski definition) is 3. The van der Waals surface area contributed by atoms with Gasteiger partial charge in [0.15, 0.2) is 0 Å². The molecule has 118 valence electrons.